The molecule has 0 bridgehead atoms. The van der Waals surface area contributed by atoms with Gasteiger partial charge in [0.15, 0.2) is 0 Å². The van der Waals surface area contributed by atoms with E-state index in [0.29, 0.717) is 26.1 Å². The predicted octanol–water partition coefficient (Wildman–Crippen LogP) is 2.39. The van der Waals surface area contributed by atoms with Crippen molar-refractivity contribution in [2.75, 3.05) is 32.7 Å². The molecule has 0 radical (unpaired) electrons. The van der Waals surface area contributed by atoms with Crippen LogP contribution in [0, 0.1) is 5.82 Å². The summed E-state index contributed by atoms with van der Waals surface area (Å²) in [6.07, 6.45) is 0.613. The van der Waals surface area contributed by atoms with Crippen LogP contribution in [-0.2, 0) is 19.6 Å². The molecule has 0 saturated carbocycles. The summed E-state index contributed by atoms with van der Waals surface area (Å²) in [5, 5.41) is 12.4. The summed E-state index contributed by atoms with van der Waals surface area (Å²) >= 11 is 0. The van der Waals surface area contributed by atoms with Crippen LogP contribution in [-0.4, -0.2) is 53.7 Å². The van der Waals surface area contributed by atoms with E-state index in [-0.39, 0.29) is 18.5 Å². The van der Waals surface area contributed by atoms with Gasteiger partial charge in [-0.3, -0.25) is 4.90 Å². The molecular formula is C21H26FN3O2. The van der Waals surface area contributed by atoms with E-state index >= 15 is 0 Å². The van der Waals surface area contributed by atoms with Crippen molar-refractivity contribution in [3.05, 3.63) is 71.0 Å². The van der Waals surface area contributed by atoms with Crippen LogP contribution in [0.15, 0.2) is 48.5 Å². The Kier molecular flexibility index (Phi) is 6.79. The molecule has 0 unspecified atom stereocenters. The maximum Gasteiger partial charge on any atom is 0.317 e. The van der Waals surface area contributed by atoms with Crippen LogP contribution >= 0.6 is 0 Å². The molecule has 2 aromatic rings. The number of rotatable bonds is 6. The third-order valence-electron chi connectivity index (χ3n) is 4.92. The van der Waals surface area contributed by atoms with E-state index in [2.05, 4.69) is 10.2 Å². The van der Waals surface area contributed by atoms with Gasteiger partial charge in [-0.2, -0.15) is 0 Å². The van der Waals surface area contributed by atoms with E-state index in [4.69, 9.17) is 0 Å². The molecule has 6 heteroatoms. The quantitative estimate of drug-likeness (QED) is 0.820. The molecule has 1 heterocycles. The zero-order valence-electron chi connectivity index (χ0n) is 15.4. The largest absolute Gasteiger partial charge is 0.392 e. The highest BCUT2D eigenvalue weighted by Crippen LogP contribution is 2.13. The van der Waals surface area contributed by atoms with Crippen molar-refractivity contribution in [3.8, 4) is 0 Å². The minimum Gasteiger partial charge on any atom is -0.392 e. The van der Waals surface area contributed by atoms with E-state index in [1.807, 2.05) is 35.2 Å². The second kappa shape index (κ2) is 9.48. The summed E-state index contributed by atoms with van der Waals surface area (Å²) < 4.78 is 13.2. The van der Waals surface area contributed by atoms with Gasteiger partial charge >= 0.3 is 6.03 Å². The second-order valence-corrected chi connectivity index (χ2v) is 6.80. The van der Waals surface area contributed by atoms with Crippen molar-refractivity contribution < 1.29 is 14.3 Å². The van der Waals surface area contributed by atoms with Gasteiger partial charge in [-0.1, -0.05) is 36.4 Å². The van der Waals surface area contributed by atoms with E-state index in [1.54, 1.807) is 6.07 Å². The number of nitrogens with zero attached hydrogens (tertiary/aromatic N) is 2. The van der Waals surface area contributed by atoms with Gasteiger partial charge in [-0.15, -0.1) is 0 Å². The van der Waals surface area contributed by atoms with Gasteiger partial charge in [0.2, 0.25) is 0 Å². The predicted molar refractivity (Wildman–Crippen MR) is 103 cm³/mol. The molecule has 3 rings (SSSR count). The normalized spacial score (nSPS) is 15.0. The SMILES string of the molecule is O=C(NCCc1cccc(F)c1)N1CCN(Cc2ccccc2CO)CC1. The van der Waals surface area contributed by atoms with E-state index < -0.39 is 0 Å². The molecule has 0 atom stereocenters. The Morgan fingerprint density at radius 3 is 2.48 bits per heavy atom. The van der Waals surface area contributed by atoms with Gasteiger partial charge in [0, 0.05) is 39.3 Å². The molecule has 0 aliphatic carbocycles. The summed E-state index contributed by atoms with van der Waals surface area (Å²) in [5.41, 5.74) is 2.96. The fraction of sp³-hybridized carbons (Fsp3) is 0.381. The number of halogens is 1. The van der Waals surface area contributed by atoms with Crippen LogP contribution in [0.25, 0.3) is 0 Å². The molecule has 5 nitrogen and oxygen atoms in total. The standard InChI is InChI=1S/C21H26FN3O2/c22-20-7-3-4-17(14-20)8-9-23-21(27)25-12-10-24(11-13-25)15-18-5-1-2-6-19(18)16-26/h1-7,14,26H,8-13,15-16H2,(H,23,27). The summed E-state index contributed by atoms with van der Waals surface area (Å²) in [6.45, 7) is 4.27. The van der Waals surface area contributed by atoms with Gasteiger partial charge in [-0.05, 0) is 35.2 Å². The lowest BCUT2D eigenvalue weighted by Gasteiger charge is -2.35. The zero-order chi connectivity index (χ0) is 19.1. The first-order valence-corrected chi connectivity index (χ1v) is 9.33. The van der Waals surface area contributed by atoms with Crippen molar-refractivity contribution in [3.63, 3.8) is 0 Å². The fourth-order valence-corrected chi connectivity index (χ4v) is 3.33. The maximum absolute atomic E-state index is 13.2. The van der Waals surface area contributed by atoms with Crippen molar-refractivity contribution in [2.45, 2.75) is 19.6 Å². The number of carbonyl (C=O) groups excluding carboxylic acids is 1. The third kappa shape index (κ3) is 5.52. The molecule has 0 aromatic heterocycles. The van der Waals surface area contributed by atoms with Crippen molar-refractivity contribution in [2.24, 2.45) is 0 Å². The fourth-order valence-electron chi connectivity index (χ4n) is 3.33. The zero-order valence-corrected chi connectivity index (χ0v) is 15.4. The number of urea groups is 1. The minimum atomic E-state index is -0.252. The smallest absolute Gasteiger partial charge is 0.317 e. The number of amides is 2. The third-order valence-corrected chi connectivity index (χ3v) is 4.92. The van der Waals surface area contributed by atoms with Crippen LogP contribution in [0.2, 0.25) is 0 Å². The molecule has 2 aromatic carbocycles. The van der Waals surface area contributed by atoms with E-state index in [0.717, 1.165) is 36.3 Å². The lowest BCUT2D eigenvalue weighted by Crippen LogP contribution is -2.51. The van der Waals surface area contributed by atoms with E-state index in [9.17, 15) is 14.3 Å². The summed E-state index contributed by atoms with van der Waals surface area (Å²) in [5.74, 6) is -0.252. The summed E-state index contributed by atoms with van der Waals surface area (Å²) in [7, 11) is 0. The molecule has 2 N–H and O–H groups in total. The number of nitrogens with one attached hydrogen (secondary N) is 1. The molecule has 1 saturated heterocycles. The highest BCUT2D eigenvalue weighted by molar-refractivity contribution is 5.74. The average molecular weight is 371 g/mol. The van der Waals surface area contributed by atoms with E-state index in [1.165, 1.54) is 12.1 Å². The second-order valence-electron chi connectivity index (χ2n) is 6.80. The lowest BCUT2D eigenvalue weighted by atomic mass is 10.1. The Morgan fingerprint density at radius 1 is 1.04 bits per heavy atom. The first-order chi connectivity index (χ1) is 13.2. The van der Waals surface area contributed by atoms with Crippen LogP contribution in [0.1, 0.15) is 16.7 Å². The number of aliphatic hydroxyl groups is 1. The van der Waals surface area contributed by atoms with Crippen molar-refractivity contribution in [1.82, 2.24) is 15.1 Å². The van der Waals surface area contributed by atoms with Gasteiger partial charge in [0.25, 0.3) is 0 Å². The molecular weight excluding hydrogens is 345 g/mol. The number of aliphatic hydroxyl groups excluding tert-OH is 1. The highest BCUT2D eigenvalue weighted by Gasteiger charge is 2.21. The molecule has 1 fully saturated rings. The summed E-state index contributed by atoms with van der Waals surface area (Å²) in [4.78, 5) is 16.4. The number of benzene rings is 2. The van der Waals surface area contributed by atoms with Crippen LogP contribution in [0.4, 0.5) is 9.18 Å². The lowest BCUT2D eigenvalue weighted by molar-refractivity contribution is 0.135. The Labute approximate surface area is 159 Å². The molecule has 144 valence electrons. The Morgan fingerprint density at radius 2 is 1.78 bits per heavy atom. The number of hydrogen-bond donors (Lipinski definition) is 2. The summed E-state index contributed by atoms with van der Waals surface area (Å²) in [6, 6.07) is 14.3. The molecule has 1 aliphatic heterocycles. The molecule has 1 aliphatic rings. The van der Waals surface area contributed by atoms with Crippen LogP contribution in [0.3, 0.4) is 0 Å². The molecule has 27 heavy (non-hydrogen) atoms. The first kappa shape index (κ1) is 19.3. The Hall–Kier alpha value is -2.44. The van der Waals surface area contributed by atoms with Crippen LogP contribution in [0.5, 0.6) is 0 Å². The highest BCUT2D eigenvalue weighted by atomic mass is 19.1. The number of carbonyl (C=O) groups is 1. The number of piperazine rings is 1. The van der Waals surface area contributed by atoms with Crippen molar-refractivity contribution >= 4 is 6.03 Å². The Bertz CT molecular complexity index is 761. The Balaban J connectivity index is 1.41. The minimum absolute atomic E-state index is 0.0455. The molecule has 2 amide bonds. The van der Waals surface area contributed by atoms with Crippen molar-refractivity contribution in [1.29, 1.82) is 0 Å². The van der Waals surface area contributed by atoms with Gasteiger partial charge < -0.3 is 15.3 Å². The first-order valence-electron chi connectivity index (χ1n) is 9.33. The van der Waals surface area contributed by atoms with Gasteiger partial charge in [0.05, 0.1) is 6.61 Å². The maximum atomic E-state index is 13.2. The van der Waals surface area contributed by atoms with Gasteiger partial charge in [0.1, 0.15) is 5.82 Å². The average Bonchev–Trinajstić information content (AvgIpc) is 2.69. The van der Waals surface area contributed by atoms with Gasteiger partial charge in [-0.25, -0.2) is 9.18 Å². The number of hydrogen-bond acceptors (Lipinski definition) is 3. The monoisotopic (exact) mass is 371 g/mol. The molecule has 0 spiro atoms. The topological polar surface area (TPSA) is 55.8 Å². The van der Waals surface area contributed by atoms with Crippen LogP contribution < -0.4 is 5.32 Å².